The fourth-order valence-electron chi connectivity index (χ4n) is 4.08. The van der Waals surface area contributed by atoms with E-state index < -0.39 is 15.8 Å². The summed E-state index contributed by atoms with van der Waals surface area (Å²) in [6.45, 7) is 1.56. The van der Waals surface area contributed by atoms with Crippen molar-refractivity contribution < 1.29 is 22.4 Å². The van der Waals surface area contributed by atoms with Crippen LogP contribution in [0.2, 0.25) is 0 Å². The Morgan fingerprint density at radius 2 is 1.43 bits per heavy atom. The molecule has 0 radical (unpaired) electrons. The van der Waals surface area contributed by atoms with E-state index in [2.05, 4.69) is 0 Å². The van der Waals surface area contributed by atoms with E-state index in [9.17, 15) is 22.4 Å². The number of fused-ring (bicyclic) bond motifs is 1. The summed E-state index contributed by atoms with van der Waals surface area (Å²) in [6.07, 6.45) is 5.12. The maximum absolute atomic E-state index is 13.1. The number of rotatable bonds is 4. The van der Waals surface area contributed by atoms with Gasteiger partial charge in [-0.15, -0.1) is 0 Å². The second-order valence-electron chi connectivity index (χ2n) is 7.38. The largest absolute Gasteiger partial charge is 0.283 e. The molecule has 28 heavy (non-hydrogen) atoms. The highest BCUT2D eigenvalue weighted by atomic mass is 32.2. The summed E-state index contributed by atoms with van der Waals surface area (Å²) in [4.78, 5) is 28.4. The molecule has 0 unspecified atom stereocenters. The Bertz CT molecular complexity index is 882. The number of nitrogens with zero attached hydrogens (tertiary/aromatic N) is 3. The standard InChI is InChI=1S/C19H22FN3O4S/c20-14-5-7-15(8-6-14)28(26,27)22-11-9-21(10-12-22)13-23-18(24)16-3-1-2-4-17(16)19(23)25/h1-2,5-8,16-17H,3-4,9-13H2/t16-,17-/m1/s1. The third kappa shape index (κ3) is 3.38. The molecule has 2 atom stereocenters. The van der Waals surface area contributed by atoms with Gasteiger partial charge in [0.25, 0.3) is 0 Å². The number of hydrogen-bond donors (Lipinski definition) is 0. The molecule has 2 amide bonds. The molecular formula is C19H22FN3O4S. The first-order valence-corrected chi connectivity index (χ1v) is 10.8. The van der Waals surface area contributed by atoms with Crippen molar-refractivity contribution in [1.82, 2.24) is 14.1 Å². The molecule has 1 aromatic rings. The molecule has 9 heteroatoms. The van der Waals surface area contributed by atoms with E-state index in [1.54, 1.807) is 0 Å². The zero-order valence-corrected chi connectivity index (χ0v) is 16.1. The molecule has 7 nitrogen and oxygen atoms in total. The van der Waals surface area contributed by atoms with Gasteiger partial charge in [0, 0.05) is 26.2 Å². The number of benzene rings is 1. The second kappa shape index (κ2) is 7.38. The lowest BCUT2D eigenvalue weighted by Gasteiger charge is -2.35. The molecule has 2 aliphatic heterocycles. The first kappa shape index (κ1) is 19.2. The van der Waals surface area contributed by atoms with Gasteiger partial charge in [-0.2, -0.15) is 4.31 Å². The quantitative estimate of drug-likeness (QED) is 0.551. The van der Waals surface area contributed by atoms with Gasteiger partial charge in [0.2, 0.25) is 21.8 Å². The summed E-state index contributed by atoms with van der Waals surface area (Å²) in [5, 5.41) is 0. The van der Waals surface area contributed by atoms with Crippen molar-refractivity contribution >= 4 is 21.8 Å². The number of allylic oxidation sites excluding steroid dienone is 2. The van der Waals surface area contributed by atoms with Crippen LogP contribution in [-0.4, -0.2) is 67.2 Å². The number of carbonyl (C=O) groups is 2. The molecule has 2 saturated heterocycles. The van der Waals surface area contributed by atoms with Gasteiger partial charge >= 0.3 is 0 Å². The number of imide groups is 1. The number of amides is 2. The van der Waals surface area contributed by atoms with Crippen LogP contribution in [0, 0.1) is 17.7 Å². The van der Waals surface area contributed by atoms with E-state index in [4.69, 9.17) is 0 Å². The summed E-state index contributed by atoms with van der Waals surface area (Å²) in [6, 6.07) is 4.77. The van der Waals surface area contributed by atoms with Gasteiger partial charge in [0.05, 0.1) is 23.4 Å². The zero-order valence-electron chi connectivity index (χ0n) is 15.3. The number of carbonyl (C=O) groups excluding carboxylic acids is 2. The minimum Gasteiger partial charge on any atom is -0.283 e. The fraction of sp³-hybridized carbons (Fsp3) is 0.474. The lowest BCUT2D eigenvalue weighted by Crippen LogP contribution is -2.52. The van der Waals surface area contributed by atoms with Gasteiger partial charge in [0.15, 0.2) is 0 Å². The molecule has 2 fully saturated rings. The highest BCUT2D eigenvalue weighted by molar-refractivity contribution is 7.89. The van der Waals surface area contributed by atoms with Crippen molar-refractivity contribution in [2.45, 2.75) is 17.7 Å². The lowest BCUT2D eigenvalue weighted by atomic mass is 9.85. The Morgan fingerprint density at radius 1 is 0.893 bits per heavy atom. The van der Waals surface area contributed by atoms with Crippen molar-refractivity contribution in [1.29, 1.82) is 0 Å². The third-order valence-electron chi connectivity index (χ3n) is 5.72. The molecule has 3 aliphatic rings. The maximum atomic E-state index is 13.1. The second-order valence-corrected chi connectivity index (χ2v) is 9.32. The van der Waals surface area contributed by atoms with E-state index in [0.717, 1.165) is 12.1 Å². The van der Waals surface area contributed by atoms with E-state index >= 15 is 0 Å². The molecular weight excluding hydrogens is 385 g/mol. The van der Waals surface area contributed by atoms with Crippen molar-refractivity contribution in [2.24, 2.45) is 11.8 Å². The lowest BCUT2D eigenvalue weighted by molar-refractivity contribution is -0.142. The number of piperazine rings is 1. The number of likely N-dealkylation sites (tertiary alicyclic amines) is 1. The minimum atomic E-state index is -3.68. The summed E-state index contributed by atoms with van der Waals surface area (Å²) >= 11 is 0. The molecule has 0 bridgehead atoms. The molecule has 1 aliphatic carbocycles. The molecule has 4 rings (SSSR count). The van der Waals surface area contributed by atoms with E-state index in [-0.39, 0.29) is 48.3 Å². The van der Waals surface area contributed by atoms with Crippen LogP contribution >= 0.6 is 0 Å². The predicted molar refractivity (Wildman–Crippen MR) is 98.8 cm³/mol. The van der Waals surface area contributed by atoms with Crippen LogP contribution in [0.4, 0.5) is 4.39 Å². The van der Waals surface area contributed by atoms with Gasteiger partial charge in [-0.3, -0.25) is 19.4 Å². The Hall–Kier alpha value is -2.10. The highest BCUT2D eigenvalue weighted by Crippen LogP contribution is 2.35. The Labute approximate surface area is 163 Å². The van der Waals surface area contributed by atoms with Crippen LogP contribution in [0.15, 0.2) is 41.3 Å². The van der Waals surface area contributed by atoms with Crippen molar-refractivity contribution in [2.75, 3.05) is 32.8 Å². The summed E-state index contributed by atoms with van der Waals surface area (Å²) < 4.78 is 39.8. The van der Waals surface area contributed by atoms with Crippen LogP contribution in [0.5, 0.6) is 0 Å². The zero-order chi connectivity index (χ0) is 19.9. The average molecular weight is 407 g/mol. The van der Waals surface area contributed by atoms with Crippen LogP contribution in [0.3, 0.4) is 0 Å². The van der Waals surface area contributed by atoms with Crippen molar-refractivity contribution in [3.8, 4) is 0 Å². The summed E-state index contributed by atoms with van der Waals surface area (Å²) in [7, 11) is -3.68. The van der Waals surface area contributed by atoms with Crippen LogP contribution in [-0.2, 0) is 19.6 Å². The molecule has 0 N–H and O–H groups in total. The van der Waals surface area contributed by atoms with Gasteiger partial charge in [-0.25, -0.2) is 12.8 Å². The van der Waals surface area contributed by atoms with Gasteiger partial charge < -0.3 is 0 Å². The number of sulfonamides is 1. The highest BCUT2D eigenvalue weighted by Gasteiger charge is 2.47. The normalized spacial score (nSPS) is 26.7. The van der Waals surface area contributed by atoms with Crippen molar-refractivity contribution in [3.05, 3.63) is 42.2 Å². The first-order valence-electron chi connectivity index (χ1n) is 9.36. The Balaban J connectivity index is 1.38. The summed E-state index contributed by atoms with van der Waals surface area (Å²) in [5.74, 6) is -1.24. The molecule has 0 spiro atoms. The molecule has 150 valence electrons. The Kier molecular flexibility index (Phi) is 5.07. The van der Waals surface area contributed by atoms with Gasteiger partial charge in [-0.1, -0.05) is 12.2 Å². The van der Waals surface area contributed by atoms with E-state index in [0.29, 0.717) is 25.9 Å². The maximum Gasteiger partial charge on any atom is 0.243 e. The smallest absolute Gasteiger partial charge is 0.243 e. The number of hydrogen-bond acceptors (Lipinski definition) is 5. The SMILES string of the molecule is O=C1[C@@H]2CC=CC[C@H]2C(=O)N1CN1CCN(S(=O)(=O)c2ccc(F)cc2)CC1. The first-order chi connectivity index (χ1) is 13.4. The van der Waals surface area contributed by atoms with Crippen molar-refractivity contribution in [3.63, 3.8) is 0 Å². The average Bonchev–Trinajstić information content (AvgIpc) is 2.94. The van der Waals surface area contributed by atoms with Crippen LogP contribution < -0.4 is 0 Å². The molecule has 0 saturated carbocycles. The van der Waals surface area contributed by atoms with E-state index in [1.807, 2.05) is 17.1 Å². The fourth-order valence-corrected chi connectivity index (χ4v) is 5.50. The monoisotopic (exact) mass is 407 g/mol. The number of halogens is 1. The predicted octanol–water partition coefficient (Wildman–Crippen LogP) is 1.04. The Morgan fingerprint density at radius 3 is 1.96 bits per heavy atom. The van der Waals surface area contributed by atoms with Gasteiger partial charge in [0.1, 0.15) is 5.82 Å². The third-order valence-corrected chi connectivity index (χ3v) is 7.64. The molecule has 1 aromatic carbocycles. The minimum absolute atomic E-state index is 0.0591. The summed E-state index contributed by atoms with van der Waals surface area (Å²) in [5.41, 5.74) is 0. The topological polar surface area (TPSA) is 78.0 Å². The van der Waals surface area contributed by atoms with Gasteiger partial charge in [-0.05, 0) is 37.1 Å². The van der Waals surface area contributed by atoms with Crippen LogP contribution in [0.1, 0.15) is 12.8 Å². The molecule has 2 heterocycles. The van der Waals surface area contributed by atoms with E-state index in [1.165, 1.54) is 21.3 Å². The van der Waals surface area contributed by atoms with Crippen LogP contribution in [0.25, 0.3) is 0 Å². The molecule has 0 aromatic heterocycles.